The molecule has 10 aromatic rings. The van der Waals surface area contributed by atoms with Gasteiger partial charge in [-0.3, -0.25) is 4.57 Å². The van der Waals surface area contributed by atoms with Crippen LogP contribution in [0.25, 0.3) is 88.4 Å². The van der Waals surface area contributed by atoms with E-state index in [1.807, 2.05) is 6.07 Å². The van der Waals surface area contributed by atoms with Gasteiger partial charge < -0.3 is 8.98 Å². The Morgan fingerprint density at radius 3 is 1.51 bits per heavy atom. The zero-order chi connectivity index (χ0) is 30.9. The zero-order valence-corrected chi connectivity index (χ0v) is 25.5. The summed E-state index contributed by atoms with van der Waals surface area (Å²) in [4.78, 5) is 0. The predicted octanol–water partition coefficient (Wildman–Crippen LogP) is 12.0. The lowest BCUT2D eigenvalue weighted by Crippen LogP contribution is -1.92. The Labute approximate surface area is 271 Å². The van der Waals surface area contributed by atoms with E-state index in [0.29, 0.717) is 0 Å². The van der Waals surface area contributed by atoms with Gasteiger partial charge in [0.05, 0.1) is 21.9 Å². The predicted molar refractivity (Wildman–Crippen MR) is 196 cm³/mol. The van der Waals surface area contributed by atoms with Gasteiger partial charge in [0.15, 0.2) is 0 Å². The molecule has 0 aliphatic carbocycles. The van der Waals surface area contributed by atoms with Crippen molar-refractivity contribution in [3.63, 3.8) is 0 Å². The maximum atomic E-state index is 6.55. The number of hydrogen-bond donors (Lipinski definition) is 0. The topological polar surface area (TPSA) is 23.0 Å². The van der Waals surface area contributed by atoms with E-state index in [4.69, 9.17) is 4.42 Å². The van der Waals surface area contributed by atoms with Gasteiger partial charge in [0.2, 0.25) is 5.71 Å². The summed E-state index contributed by atoms with van der Waals surface area (Å²) < 4.78 is 11.1. The molecule has 0 aliphatic rings. The van der Waals surface area contributed by atoms with Crippen LogP contribution in [0.1, 0.15) is 0 Å². The monoisotopic (exact) mass is 600 g/mol. The van der Waals surface area contributed by atoms with E-state index >= 15 is 0 Å². The first-order valence-electron chi connectivity index (χ1n) is 16.0. The number of hydrogen-bond acceptors (Lipinski definition) is 1. The van der Waals surface area contributed by atoms with Gasteiger partial charge in [-0.2, -0.15) is 0 Å². The Morgan fingerprint density at radius 2 is 0.830 bits per heavy atom. The first-order chi connectivity index (χ1) is 23.3. The normalized spacial score (nSPS) is 11.8. The third kappa shape index (κ3) is 3.93. The van der Waals surface area contributed by atoms with Crippen molar-refractivity contribution >= 4 is 54.8 Å². The molecule has 3 aromatic heterocycles. The Hall–Kier alpha value is -6.32. The Kier molecular flexibility index (Phi) is 5.57. The van der Waals surface area contributed by atoms with Crippen LogP contribution < -0.4 is 0 Å². The third-order valence-electron chi connectivity index (χ3n) is 9.54. The van der Waals surface area contributed by atoms with E-state index in [9.17, 15) is 0 Å². The molecule has 47 heavy (non-hydrogen) atoms. The minimum atomic E-state index is 0.879. The molecule has 0 spiro atoms. The SMILES string of the molecule is c1ccc(-n2c3ccccc3c3cc(-c4ccc(-c5ccc6oc7c(c6c5)c5ccccc5n7-c5ccccc5)cc4)ccc32)cc1. The highest BCUT2D eigenvalue weighted by Crippen LogP contribution is 2.41. The number of rotatable bonds is 4. The maximum Gasteiger partial charge on any atom is 0.213 e. The fraction of sp³-hybridized carbons (Fsp3) is 0. The van der Waals surface area contributed by atoms with E-state index in [2.05, 4.69) is 173 Å². The van der Waals surface area contributed by atoms with Gasteiger partial charge in [0.1, 0.15) is 5.58 Å². The molecule has 0 saturated carbocycles. The molecule has 0 atom stereocenters. The second-order valence-electron chi connectivity index (χ2n) is 12.2. The van der Waals surface area contributed by atoms with Crippen molar-refractivity contribution in [1.82, 2.24) is 9.13 Å². The van der Waals surface area contributed by atoms with E-state index < -0.39 is 0 Å². The van der Waals surface area contributed by atoms with Crippen LogP contribution >= 0.6 is 0 Å². The summed E-state index contributed by atoms with van der Waals surface area (Å²) in [7, 11) is 0. The van der Waals surface area contributed by atoms with Crippen molar-refractivity contribution in [2.45, 2.75) is 0 Å². The van der Waals surface area contributed by atoms with Gasteiger partial charge in [0, 0.05) is 32.9 Å². The average molecular weight is 601 g/mol. The van der Waals surface area contributed by atoms with Gasteiger partial charge in [0.25, 0.3) is 0 Å². The number of nitrogens with zero attached hydrogens (tertiary/aromatic N) is 2. The van der Waals surface area contributed by atoms with Crippen molar-refractivity contribution in [1.29, 1.82) is 0 Å². The molecule has 7 aromatic carbocycles. The standard InChI is InChI=1S/C44H28N2O/c1-3-11-33(12-4-1)45-39-17-9-7-15-35(39)37-27-31(23-25-41(37)45)29-19-21-30(22-20-29)32-24-26-42-38(28-32)43-36-16-8-10-18-40(36)46(44(43)47-42)34-13-5-2-6-14-34/h1-28H. The Balaban J connectivity index is 1.07. The van der Waals surface area contributed by atoms with Gasteiger partial charge in [-0.05, 0) is 82.9 Å². The third-order valence-corrected chi connectivity index (χ3v) is 9.54. The van der Waals surface area contributed by atoms with Gasteiger partial charge >= 0.3 is 0 Å². The highest BCUT2D eigenvalue weighted by Gasteiger charge is 2.19. The largest absolute Gasteiger partial charge is 0.439 e. The summed E-state index contributed by atoms with van der Waals surface area (Å²) >= 11 is 0. The average Bonchev–Trinajstić information content (AvgIpc) is 3.79. The van der Waals surface area contributed by atoms with Crippen LogP contribution in [0, 0.1) is 0 Å². The van der Waals surface area contributed by atoms with Crippen molar-refractivity contribution in [3.05, 3.63) is 170 Å². The molecule has 3 heterocycles. The van der Waals surface area contributed by atoms with E-state index in [1.165, 1.54) is 55.1 Å². The molecule has 0 unspecified atom stereocenters. The Bertz CT molecular complexity index is 2760. The van der Waals surface area contributed by atoms with Crippen molar-refractivity contribution < 1.29 is 4.42 Å². The van der Waals surface area contributed by atoms with Gasteiger partial charge in [-0.1, -0.05) is 109 Å². The molecule has 0 radical (unpaired) electrons. The van der Waals surface area contributed by atoms with Crippen LogP contribution in [0.3, 0.4) is 0 Å². The van der Waals surface area contributed by atoms with Crippen LogP contribution in [0.4, 0.5) is 0 Å². The molecule has 10 rings (SSSR count). The minimum absolute atomic E-state index is 0.879. The number of furan rings is 1. The fourth-order valence-corrected chi connectivity index (χ4v) is 7.37. The first-order valence-corrected chi connectivity index (χ1v) is 16.0. The van der Waals surface area contributed by atoms with E-state index in [-0.39, 0.29) is 0 Å². The molecule has 0 N–H and O–H groups in total. The number of benzene rings is 7. The number of para-hydroxylation sites is 4. The summed E-state index contributed by atoms with van der Waals surface area (Å²) in [6, 6.07) is 60.6. The molecule has 0 aliphatic heterocycles. The lowest BCUT2D eigenvalue weighted by atomic mass is 9.98. The number of fused-ring (bicyclic) bond motifs is 8. The van der Waals surface area contributed by atoms with E-state index in [0.717, 1.165) is 33.3 Å². The molecule has 0 fully saturated rings. The summed E-state index contributed by atoms with van der Waals surface area (Å²) in [5, 5.41) is 6.00. The molecule has 0 bridgehead atoms. The van der Waals surface area contributed by atoms with Crippen molar-refractivity contribution in [2.75, 3.05) is 0 Å². The van der Waals surface area contributed by atoms with E-state index in [1.54, 1.807) is 0 Å². The fourth-order valence-electron chi connectivity index (χ4n) is 7.37. The molecule has 0 amide bonds. The van der Waals surface area contributed by atoms with Crippen LogP contribution in [0.2, 0.25) is 0 Å². The lowest BCUT2D eigenvalue weighted by Gasteiger charge is -2.08. The van der Waals surface area contributed by atoms with Crippen molar-refractivity contribution in [3.8, 4) is 33.6 Å². The summed E-state index contributed by atoms with van der Waals surface area (Å²) in [6.07, 6.45) is 0. The lowest BCUT2D eigenvalue weighted by molar-refractivity contribution is 0.645. The first kappa shape index (κ1) is 26.0. The highest BCUT2D eigenvalue weighted by molar-refractivity contribution is 6.20. The maximum absolute atomic E-state index is 6.55. The number of aromatic nitrogens is 2. The van der Waals surface area contributed by atoms with Crippen molar-refractivity contribution in [2.24, 2.45) is 0 Å². The second-order valence-corrected chi connectivity index (χ2v) is 12.2. The Morgan fingerprint density at radius 1 is 0.340 bits per heavy atom. The second kappa shape index (κ2) is 10.1. The molecule has 0 saturated heterocycles. The quantitative estimate of drug-likeness (QED) is 0.197. The smallest absolute Gasteiger partial charge is 0.213 e. The highest BCUT2D eigenvalue weighted by atomic mass is 16.3. The van der Waals surface area contributed by atoms with Crippen LogP contribution in [-0.4, -0.2) is 9.13 Å². The zero-order valence-electron chi connectivity index (χ0n) is 25.5. The summed E-state index contributed by atoms with van der Waals surface area (Å²) in [5.41, 5.74) is 12.4. The van der Waals surface area contributed by atoms with Crippen LogP contribution in [0.5, 0.6) is 0 Å². The van der Waals surface area contributed by atoms with Crippen LogP contribution in [-0.2, 0) is 0 Å². The molecule has 220 valence electrons. The van der Waals surface area contributed by atoms with Crippen LogP contribution in [0.15, 0.2) is 174 Å². The van der Waals surface area contributed by atoms with Gasteiger partial charge in [-0.25, -0.2) is 0 Å². The summed E-state index contributed by atoms with van der Waals surface area (Å²) in [6.45, 7) is 0. The van der Waals surface area contributed by atoms with Gasteiger partial charge in [-0.15, -0.1) is 0 Å². The molecule has 3 nitrogen and oxygen atoms in total. The minimum Gasteiger partial charge on any atom is -0.439 e. The molecular weight excluding hydrogens is 572 g/mol. The molecular formula is C44H28N2O. The summed E-state index contributed by atoms with van der Waals surface area (Å²) in [5.74, 6) is 0. The molecule has 3 heteroatoms.